The zero-order valence-corrected chi connectivity index (χ0v) is 13.8. The molecule has 1 fully saturated rings. The molecule has 1 unspecified atom stereocenters. The first-order valence-electron chi connectivity index (χ1n) is 7.74. The van der Waals surface area contributed by atoms with Crippen LogP contribution in [0, 0.1) is 0 Å². The van der Waals surface area contributed by atoms with Crippen molar-refractivity contribution in [2.75, 3.05) is 13.1 Å². The monoisotopic (exact) mass is 319 g/mol. The van der Waals surface area contributed by atoms with Crippen molar-refractivity contribution >= 4 is 11.6 Å². The Hall–Kier alpha value is -1.36. The molecule has 0 saturated carbocycles. The Balaban J connectivity index is 1.77. The summed E-state index contributed by atoms with van der Waals surface area (Å²) in [5.74, 6) is 0. The summed E-state index contributed by atoms with van der Waals surface area (Å²) in [6, 6.07) is 9.92. The van der Waals surface area contributed by atoms with Crippen molar-refractivity contribution in [2.24, 2.45) is 7.05 Å². The third kappa shape index (κ3) is 2.78. The number of rotatable bonds is 4. The first-order valence-corrected chi connectivity index (χ1v) is 8.12. The normalized spacial score (nSPS) is 22.4. The van der Waals surface area contributed by atoms with E-state index in [9.17, 15) is 5.11 Å². The lowest BCUT2D eigenvalue weighted by atomic mass is 9.93. The SMILES string of the molecule is CCc1nn(C)c(Cl)c1CN1CCC(O)(c2ccccc2)C1. The molecule has 1 aromatic carbocycles. The van der Waals surface area contributed by atoms with E-state index < -0.39 is 5.60 Å². The van der Waals surface area contributed by atoms with E-state index in [0.717, 1.165) is 42.8 Å². The van der Waals surface area contributed by atoms with Crippen LogP contribution in [0.5, 0.6) is 0 Å². The van der Waals surface area contributed by atoms with E-state index in [1.54, 1.807) is 4.68 Å². The fourth-order valence-electron chi connectivity index (χ4n) is 3.25. The molecule has 0 spiro atoms. The molecule has 4 nitrogen and oxygen atoms in total. The maximum absolute atomic E-state index is 10.9. The molecule has 2 heterocycles. The molecule has 1 aromatic heterocycles. The van der Waals surface area contributed by atoms with E-state index in [-0.39, 0.29) is 0 Å². The molecule has 3 rings (SSSR count). The molecule has 0 aliphatic carbocycles. The Kier molecular flexibility index (Phi) is 4.26. The Morgan fingerprint density at radius 3 is 2.73 bits per heavy atom. The van der Waals surface area contributed by atoms with Crippen molar-refractivity contribution in [2.45, 2.75) is 31.9 Å². The van der Waals surface area contributed by atoms with Crippen LogP contribution in [0.25, 0.3) is 0 Å². The zero-order chi connectivity index (χ0) is 15.7. The van der Waals surface area contributed by atoms with Crippen molar-refractivity contribution in [3.8, 4) is 0 Å². The third-order valence-corrected chi connectivity index (χ3v) is 4.98. The lowest BCUT2D eigenvalue weighted by Crippen LogP contribution is -2.30. The molecular formula is C17H22ClN3O. The smallest absolute Gasteiger partial charge is 0.131 e. The van der Waals surface area contributed by atoms with Gasteiger partial charge in [0.2, 0.25) is 0 Å². The van der Waals surface area contributed by atoms with Crippen LogP contribution in [-0.2, 0) is 25.6 Å². The predicted octanol–water partition coefficient (Wildman–Crippen LogP) is 2.73. The van der Waals surface area contributed by atoms with Crippen LogP contribution in [0.1, 0.15) is 30.2 Å². The van der Waals surface area contributed by atoms with Gasteiger partial charge in [-0.3, -0.25) is 9.58 Å². The van der Waals surface area contributed by atoms with Crippen LogP contribution in [0.4, 0.5) is 0 Å². The second-order valence-electron chi connectivity index (χ2n) is 6.05. The number of nitrogens with zero attached hydrogens (tertiary/aromatic N) is 3. The number of likely N-dealkylation sites (tertiary alicyclic amines) is 1. The molecule has 1 aliphatic heterocycles. The predicted molar refractivity (Wildman–Crippen MR) is 87.8 cm³/mol. The number of β-amino-alcohol motifs (C(OH)–C–C–N with tert-alkyl or cyclic N) is 1. The van der Waals surface area contributed by atoms with Crippen molar-refractivity contribution in [1.82, 2.24) is 14.7 Å². The van der Waals surface area contributed by atoms with Crippen molar-refractivity contribution in [3.63, 3.8) is 0 Å². The van der Waals surface area contributed by atoms with Gasteiger partial charge in [0.25, 0.3) is 0 Å². The molecule has 2 aromatic rings. The maximum atomic E-state index is 10.9. The molecule has 1 atom stereocenters. The minimum absolute atomic E-state index is 0.630. The second-order valence-corrected chi connectivity index (χ2v) is 6.41. The highest BCUT2D eigenvalue weighted by Gasteiger charge is 2.37. The van der Waals surface area contributed by atoms with E-state index in [4.69, 9.17) is 11.6 Å². The molecular weight excluding hydrogens is 298 g/mol. The Bertz CT molecular complexity index is 655. The summed E-state index contributed by atoms with van der Waals surface area (Å²) in [5.41, 5.74) is 2.36. The number of halogens is 1. The van der Waals surface area contributed by atoms with Crippen molar-refractivity contribution in [3.05, 3.63) is 52.3 Å². The number of hydrogen-bond donors (Lipinski definition) is 1. The molecule has 5 heteroatoms. The summed E-state index contributed by atoms with van der Waals surface area (Å²) < 4.78 is 1.73. The molecule has 0 radical (unpaired) electrons. The van der Waals surface area contributed by atoms with Crippen LogP contribution in [0.15, 0.2) is 30.3 Å². The Morgan fingerprint density at radius 1 is 1.32 bits per heavy atom. The molecule has 1 saturated heterocycles. The van der Waals surface area contributed by atoms with Gasteiger partial charge in [-0.2, -0.15) is 5.10 Å². The van der Waals surface area contributed by atoms with Crippen LogP contribution in [0.2, 0.25) is 5.15 Å². The summed E-state index contributed by atoms with van der Waals surface area (Å²) in [7, 11) is 1.87. The summed E-state index contributed by atoms with van der Waals surface area (Å²) in [5, 5.41) is 16.1. The zero-order valence-electron chi connectivity index (χ0n) is 13.1. The van der Waals surface area contributed by atoms with Gasteiger partial charge in [-0.05, 0) is 18.4 Å². The summed E-state index contributed by atoms with van der Waals surface area (Å²) in [6.07, 6.45) is 1.61. The quantitative estimate of drug-likeness (QED) is 0.942. The van der Waals surface area contributed by atoms with Crippen molar-refractivity contribution in [1.29, 1.82) is 0 Å². The summed E-state index contributed by atoms with van der Waals surface area (Å²) in [6.45, 7) is 4.32. The van der Waals surface area contributed by atoms with E-state index in [2.05, 4.69) is 16.9 Å². The summed E-state index contributed by atoms with van der Waals surface area (Å²) in [4.78, 5) is 2.26. The second kappa shape index (κ2) is 6.03. The minimum Gasteiger partial charge on any atom is -0.384 e. The molecule has 1 aliphatic rings. The highest BCUT2D eigenvalue weighted by atomic mass is 35.5. The first-order chi connectivity index (χ1) is 10.5. The third-order valence-electron chi connectivity index (χ3n) is 4.51. The lowest BCUT2D eigenvalue weighted by molar-refractivity contribution is 0.0452. The van der Waals surface area contributed by atoms with E-state index in [1.165, 1.54) is 0 Å². The molecule has 118 valence electrons. The largest absolute Gasteiger partial charge is 0.384 e. The number of aryl methyl sites for hydroxylation is 2. The molecule has 1 N–H and O–H groups in total. The Labute approximate surface area is 136 Å². The van der Waals surface area contributed by atoms with Gasteiger partial charge in [-0.1, -0.05) is 48.9 Å². The Morgan fingerprint density at radius 2 is 2.05 bits per heavy atom. The minimum atomic E-state index is -0.762. The van der Waals surface area contributed by atoms with Gasteiger partial charge >= 0.3 is 0 Å². The van der Waals surface area contributed by atoms with Gasteiger partial charge in [0, 0.05) is 32.2 Å². The van der Waals surface area contributed by atoms with Crippen LogP contribution in [0.3, 0.4) is 0 Å². The van der Waals surface area contributed by atoms with Gasteiger partial charge in [0.1, 0.15) is 10.8 Å². The first kappa shape index (κ1) is 15.5. The van der Waals surface area contributed by atoms with Crippen LogP contribution in [-0.4, -0.2) is 32.9 Å². The maximum Gasteiger partial charge on any atom is 0.131 e. The summed E-state index contributed by atoms with van der Waals surface area (Å²) >= 11 is 6.37. The standard InChI is InChI=1S/C17H22ClN3O/c1-3-15-14(16(18)20(2)19-15)11-21-10-9-17(22,12-21)13-7-5-4-6-8-13/h4-8,22H,3,9-12H2,1-2H3. The number of aliphatic hydroxyl groups is 1. The number of hydrogen-bond acceptors (Lipinski definition) is 3. The van der Waals surface area contributed by atoms with Crippen LogP contribution < -0.4 is 0 Å². The fourth-order valence-corrected chi connectivity index (χ4v) is 3.46. The number of aromatic nitrogens is 2. The highest BCUT2D eigenvalue weighted by Crippen LogP contribution is 2.33. The number of benzene rings is 1. The van der Waals surface area contributed by atoms with Gasteiger partial charge < -0.3 is 5.11 Å². The van der Waals surface area contributed by atoms with Gasteiger partial charge in [0.05, 0.1) is 5.69 Å². The average Bonchev–Trinajstić information content (AvgIpc) is 3.04. The topological polar surface area (TPSA) is 41.3 Å². The average molecular weight is 320 g/mol. The lowest BCUT2D eigenvalue weighted by Gasteiger charge is -2.24. The fraction of sp³-hybridized carbons (Fsp3) is 0.471. The van der Waals surface area contributed by atoms with E-state index in [1.807, 2.05) is 37.4 Å². The van der Waals surface area contributed by atoms with Gasteiger partial charge in [0.15, 0.2) is 0 Å². The highest BCUT2D eigenvalue weighted by molar-refractivity contribution is 6.30. The van der Waals surface area contributed by atoms with E-state index >= 15 is 0 Å². The van der Waals surface area contributed by atoms with Gasteiger partial charge in [-0.15, -0.1) is 0 Å². The van der Waals surface area contributed by atoms with Gasteiger partial charge in [-0.25, -0.2) is 0 Å². The molecule has 22 heavy (non-hydrogen) atoms. The van der Waals surface area contributed by atoms with Crippen LogP contribution >= 0.6 is 11.6 Å². The molecule has 0 amide bonds. The van der Waals surface area contributed by atoms with E-state index in [0.29, 0.717) is 11.7 Å². The molecule has 0 bridgehead atoms. The van der Waals surface area contributed by atoms with Crippen molar-refractivity contribution < 1.29 is 5.11 Å².